The molecule has 0 radical (unpaired) electrons. The Morgan fingerprint density at radius 3 is 2.67 bits per heavy atom. The SMILES string of the molecule is CCc1nccn1Cc1ccc(-c2cc(CC(C)C)sc2NS(=O)[O-])cc1. The molecule has 0 spiro atoms. The smallest absolute Gasteiger partial charge is 0.108 e. The average Bonchev–Trinajstić information content (AvgIpc) is 3.21. The van der Waals surface area contributed by atoms with Gasteiger partial charge in [0.2, 0.25) is 0 Å². The van der Waals surface area contributed by atoms with Gasteiger partial charge in [-0.2, -0.15) is 0 Å². The number of aryl methyl sites for hydroxylation is 1. The van der Waals surface area contributed by atoms with Crippen LogP contribution in [0.4, 0.5) is 5.00 Å². The van der Waals surface area contributed by atoms with Crippen molar-refractivity contribution >= 4 is 27.6 Å². The molecule has 7 heteroatoms. The van der Waals surface area contributed by atoms with Crippen molar-refractivity contribution in [3.8, 4) is 11.1 Å². The van der Waals surface area contributed by atoms with E-state index in [1.165, 1.54) is 21.8 Å². The van der Waals surface area contributed by atoms with Crippen LogP contribution in [0.25, 0.3) is 11.1 Å². The van der Waals surface area contributed by atoms with Gasteiger partial charge < -0.3 is 13.8 Å². The van der Waals surface area contributed by atoms with E-state index in [1.807, 2.05) is 12.4 Å². The van der Waals surface area contributed by atoms with Gasteiger partial charge in [0.1, 0.15) is 10.8 Å². The minimum atomic E-state index is -2.33. The summed E-state index contributed by atoms with van der Waals surface area (Å²) in [5, 5.41) is 0.676. The molecule has 0 fully saturated rings. The molecule has 5 nitrogen and oxygen atoms in total. The lowest BCUT2D eigenvalue weighted by atomic mass is 10.0. The number of nitrogens with zero attached hydrogens (tertiary/aromatic N) is 2. The largest absolute Gasteiger partial charge is 0.755 e. The number of imidazole rings is 1. The van der Waals surface area contributed by atoms with Gasteiger partial charge in [-0.05, 0) is 29.5 Å². The maximum absolute atomic E-state index is 11.2. The Balaban J connectivity index is 1.85. The predicted octanol–water partition coefficient (Wildman–Crippen LogP) is 4.63. The van der Waals surface area contributed by atoms with E-state index in [0.717, 1.165) is 36.3 Å². The quantitative estimate of drug-likeness (QED) is 0.559. The Kier molecular flexibility index (Phi) is 6.46. The molecule has 1 unspecified atom stereocenters. The molecule has 0 saturated heterocycles. The monoisotopic (exact) mass is 402 g/mol. The Morgan fingerprint density at radius 1 is 1.30 bits per heavy atom. The van der Waals surface area contributed by atoms with Crippen LogP contribution in [-0.4, -0.2) is 18.3 Å². The third-order valence-corrected chi connectivity index (χ3v) is 5.88. The van der Waals surface area contributed by atoms with E-state index in [9.17, 15) is 8.76 Å². The predicted molar refractivity (Wildman–Crippen MR) is 112 cm³/mol. The maximum atomic E-state index is 11.2. The Bertz CT molecular complexity index is 914. The van der Waals surface area contributed by atoms with Crippen LogP contribution >= 0.6 is 11.3 Å². The van der Waals surface area contributed by atoms with Crippen molar-refractivity contribution in [2.24, 2.45) is 5.92 Å². The molecule has 3 aromatic rings. The summed E-state index contributed by atoms with van der Waals surface area (Å²) in [5.41, 5.74) is 3.13. The zero-order valence-corrected chi connectivity index (χ0v) is 17.4. The van der Waals surface area contributed by atoms with Gasteiger partial charge in [-0.3, -0.25) is 4.21 Å². The highest BCUT2D eigenvalue weighted by Crippen LogP contribution is 2.37. The second-order valence-corrected chi connectivity index (χ2v) is 8.72. The lowest BCUT2D eigenvalue weighted by Crippen LogP contribution is -2.03. The number of thiophene rings is 1. The molecule has 2 aromatic heterocycles. The van der Waals surface area contributed by atoms with Crippen LogP contribution in [0.5, 0.6) is 0 Å². The van der Waals surface area contributed by atoms with Crippen LogP contribution in [0.1, 0.15) is 37.0 Å². The van der Waals surface area contributed by atoms with Crippen LogP contribution in [-0.2, 0) is 30.7 Å². The first kappa shape index (κ1) is 19.8. The molecule has 0 aliphatic carbocycles. The molecule has 0 aliphatic heterocycles. The van der Waals surface area contributed by atoms with Crippen molar-refractivity contribution in [3.63, 3.8) is 0 Å². The second kappa shape index (κ2) is 8.82. The van der Waals surface area contributed by atoms with Crippen molar-refractivity contribution in [1.29, 1.82) is 0 Å². The molecular weight excluding hydrogens is 378 g/mol. The molecule has 0 amide bonds. The lowest BCUT2D eigenvalue weighted by molar-refractivity contribution is 0.543. The summed E-state index contributed by atoms with van der Waals surface area (Å²) in [4.78, 5) is 5.54. The van der Waals surface area contributed by atoms with Gasteiger partial charge >= 0.3 is 0 Å². The number of benzene rings is 1. The molecule has 2 heterocycles. The first-order valence-electron chi connectivity index (χ1n) is 9.04. The van der Waals surface area contributed by atoms with E-state index >= 15 is 0 Å². The zero-order chi connectivity index (χ0) is 19.4. The van der Waals surface area contributed by atoms with Gasteiger partial charge in [-0.1, -0.05) is 45.0 Å². The van der Waals surface area contributed by atoms with Gasteiger partial charge in [-0.25, -0.2) is 4.98 Å². The standard InChI is InChI=1S/C20H25N3O2S2/c1-4-19-21-9-10-23(19)13-15-5-7-16(8-6-15)18-12-17(11-14(2)3)26-20(18)22-27(24)25/h5-10,12,14,22H,4,11,13H2,1-3H3,(H,24,25)/p-1. The highest BCUT2D eigenvalue weighted by molar-refractivity contribution is 7.80. The molecule has 27 heavy (non-hydrogen) atoms. The molecule has 1 atom stereocenters. The van der Waals surface area contributed by atoms with Crippen LogP contribution in [0.15, 0.2) is 42.7 Å². The third kappa shape index (κ3) is 5.06. The summed E-state index contributed by atoms with van der Waals surface area (Å²) >= 11 is -0.823. The van der Waals surface area contributed by atoms with Gasteiger partial charge in [0, 0.05) is 47.1 Å². The van der Waals surface area contributed by atoms with E-state index in [4.69, 9.17) is 0 Å². The van der Waals surface area contributed by atoms with E-state index in [2.05, 4.69) is 65.4 Å². The summed E-state index contributed by atoms with van der Waals surface area (Å²) in [5.74, 6) is 1.59. The van der Waals surface area contributed by atoms with Crippen molar-refractivity contribution in [3.05, 3.63) is 59.0 Å². The number of aromatic nitrogens is 2. The van der Waals surface area contributed by atoms with E-state index < -0.39 is 11.3 Å². The van der Waals surface area contributed by atoms with Crippen LogP contribution in [0.3, 0.4) is 0 Å². The zero-order valence-electron chi connectivity index (χ0n) is 15.8. The normalized spacial score (nSPS) is 12.5. The Labute approximate surface area is 166 Å². The fourth-order valence-corrected chi connectivity index (χ4v) is 4.87. The van der Waals surface area contributed by atoms with E-state index in [1.54, 1.807) is 0 Å². The molecule has 144 valence electrons. The topological polar surface area (TPSA) is 70.0 Å². The van der Waals surface area contributed by atoms with Gasteiger partial charge in [-0.15, -0.1) is 11.3 Å². The summed E-state index contributed by atoms with van der Waals surface area (Å²) in [6, 6.07) is 10.4. The van der Waals surface area contributed by atoms with Crippen LogP contribution in [0.2, 0.25) is 0 Å². The summed E-state index contributed by atoms with van der Waals surface area (Å²) in [6.45, 7) is 7.20. The third-order valence-electron chi connectivity index (χ3n) is 4.30. The van der Waals surface area contributed by atoms with Crippen molar-refractivity contribution in [1.82, 2.24) is 9.55 Å². The molecule has 1 aromatic carbocycles. The molecule has 1 N–H and O–H groups in total. The number of anilines is 1. The summed E-state index contributed by atoms with van der Waals surface area (Å²) in [7, 11) is 0. The van der Waals surface area contributed by atoms with Crippen molar-refractivity contribution in [2.45, 2.75) is 40.2 Å². The molecule has 0 aliphatic rings. The minimum Gasteiger partial charge on any atom is -0.755 e. The van der Waals surface area contributed by atoms with Gasteiger partial charge in [0.25, 0.3) is 0 Å². The lowest BCUT2D eigenvalue weighted by Gasteiger charge is -2.10. The number of rotatable bonds is 8. The molecule has 0 bridgehead atoms. The molecule has 3 rings (SSSR count). The first-order valence-corrected chi connectivity index (χ1v) is 10.9. The van der Waals surface area contributed by atoms with Gasteiger partial charge in [0.05, 0.1) is 0 Å². The number of hydrogen-bond acceptors (Lipinski definition) is 4. The second-order valence-electron chi connectivity index (χ2n) is 6.91. The fraction of sp³-hybridized carbons (Fsp3) is 0.350. The van der Waals surface area contributed by atoms with Crippen molar-refractivity contribution < 1.29 is 8.76 Å². The summed E-state index contributed by atoms with van der Waals surface area (Å²) in [6.07, 6.45) is 5.66. The average molecular weight is 403 g/mol. The Morgan fingerprint density at radius 2 is 2.04 bits per heavy atom. The maximum Gasteiger partial charge on any atom is 0.108 e. The first-order chi connectivity index (χ1) is 13.0. The van der Waals surface area contributed by atoms with E-state index in [-0.39, 0.29) is 0 Å². The number of hydrogen-bond donors (Lipinski definition) is 1. The fourth-order valence-electron chi connectivity index (χ4n) is 3.10. The Hall–Kier alpha value is -1.96. The van der Waals surface area contributed by atoms with Gasteiger partial charge in [0.15, 0.2) is 0 Å². The highest BCUT2D eigenvalue weighted by Gasteiger charge is 2.12. The minimum absolute atomic E-state index is 0.521. The highest BCUT2D eigenvalue weighted by atomic mass is 32.2. The van der Waals surface area contributed by atoms with Crippen molar-refractivity contribution in [2.75, 3.05) is 4.72 Å². The number of nitrogens with one attached hydrogen (secondary N) is 1. The molecule has 0 saturated carbocycles. The van der Waals surface area contributed by atoms with Crippen LogP contribution < -0.4 is 4.72 Å². The van der Waals surface area contributed by atoms with Crippen LogP contribution in [0, 0.1) is 5.92 Å². The van der Waals surface area contributed by atoms with E-state index in [0.29, 0.717) is 10.9 Å². The molecular formula is C20H24N3O2S2-. The summed E-state index contributed by atoms with van der Waals surface area (Å²) < 4.78 is 27.0.